The molecule has 1 fully saturated rings. The molecule has 0 aromatic heterocycles. The fourth-order valence-corrected chi connectivity index (χ4v) is 2.27. The lowest BCUT2D eigenvalue weighted by Gasteiger charge is -2.43. The van der Waals surface area contributed by atoms with Crippen LogP contribution in [0, 0.1) is 0 Å². The molecule has 25 heavy (non-hydrogen) atoms. The molecule has 5 atom stereocenters. The van der Waals surface area contributed by atoms with Gasteiger partial charge >= 0.3 is 23.9 Å². The molecule has 0 aliphatic carbocycles. The minimum Gasteiger partial charge on any atom is -0.455 e. The Morgan fingerprint density at radius 1 is 0.720 bits per heavy atom. The first-order chi connectivity index (χ1) is 11.5. The van der Waals surface area contributed by atoms with Gasteiger partial charge in [-0.05, 0) is 0 Å². The Kier molecular flexibility index (Phi) is 7.22. The van der Waals surface area contributed by atoms with E-state index in [1.807, 2.05) is 0 Å². The van der Waals surface area contributed by atoms with E-state index in [4.69, 9.17) is 23.7 Å². The van der Waals surface area contributed by atoms with Gasteiger partial charge in [-0.1, -0.05) is 0 Å². The summed E-state index contributed by atoms with van der Waals surface area (Å²) < 4.78 is 51.0. The summed E-state index contributed by atoms with van der Waals surface area (Å²) in [5.41, 5.74) is 0. The van der Waals surface area contributed by atoms with Gasteiger partial charge in [0.1, 0.15) is 0 Å². The van der Waals surface area contributed by atoms with Gasteiger partial charge in [0.2, 0.25) is 12.4 Å². The maximum absolute atomic E-state index is 13.3. The highest BCUT2D eigenvalue weighted by Crippen LogP contribution is 2.32. The molecular formula is C14H18F2O9. The second-order valence-corrected chi connectivity index (χ2v) is 5.14. The first kappa shape index (κ1) is 20.7. The Labute approximate surface area is 141 Å². The normalized spacial score (nSPS) is 28.8. The zero-order valence-corrected chi connectivity index (χ0v) is 13.9. The number of rotatable bonds is 5. The van der Waals surface area contributed by atoms with Crippen LogP contribution >= 0.6 is 0 Å². The lowest BCUT2D eigenvalue weighted by atomic mass is 9.98. The van der Waals surface area contributed by atoms with Gasteiger partial charge in [0.15, 0.2) is 18.3 Å². The second-order valence-electron chi connectivity index (χ2n) is 5.14. The van der Waals surface area contributed by atoms with Gasteiger partial charge in [-0.2, -0.15) is 0 Å². The Morgan fingerprint density at radius 2 is 1.12 bits per heavy atom. The summed E-state index contributed by atoms with van der Waals surface area (Å²) in [6.07, 6.45) is -12.1. The largest absolute Gasteiger partial charge is 0.455 e. The highest BCUT2D eigenvalue weighted by Gasteiger charge is 2.55. The van der Waals surface area contributed by atoms with E-state index in [0.717, 1.165) is 27.7 Å². The van der Waals surface area contributed by atoms with Gasteiger partial charge in [-0.3, -0.25) is 19.2 Å². The standard InChI is InChI=1S/C14H18F2O9/c1-5(17)21-9-10(22-6(2)18)12(23-7(3)19)14(24-8(4)20)25-11(9)13(15)16/h9-14H,1-4H3/t9-,10?,11+,12?,14?/m0/s1. The molecule has 0 radical (unpaired) electrons. The molecule has 0 spiro atoms. The maximum Gasteiger partial charge on any atom is 0.305 e. The first-order valence-electron chi connectivity index (χ1n) is 7.15. The molecule has 0 aromatic rings. The van der Waals surface area contributed by atoms with Gasteiger partial charge < -0.3 is 23.7 Å². The smallest absolute Gasteiger partial charge is 0.305 e. The number of halogens is 2. The predicted molar refractivity (Wildman–Crippen MR) is 73.1 cm³/mol. The van der Waals surface area contributed by atoms with Crippen molar-refractivity contribution in [2.75, 3.05) is 0 Å². The third-order valence-corrected chi connectivity index (χ3v) is 2.97. The molecule has 0 bridgehead atoms. The van der Waals surface area contributed by atoms with E-state index < -0.39 is 61.0 Å². The second kappa shape index (κ2) is 8.70. The summed E-state index contributed by atoms with van der Waals surface area (Å²) in [7, 11) is 0. The number of carbonyl (C=O) groups excluding carboxylic acids is 4. The van der Waals surface area contributed by atoms with Crippen LogP contribution in [0.4, 0.5) is 8.78 Å². The van der Waals surface area contributed by atoms with Crippen molar-refractivity contribution in [3.63, 3.8) is 0 Å². The van der Waals surface area contributed by atoms with Crippen molar-refractivity contribution in [3.05, 3.63) is 0 Å². The molecule has 0 saturated carbocycles. The molecule has 142 valence electrons. The topological polar surface area (TPSA) is 114 Å². The Bertz CT molecular complexity index is 536. The van der Waals surface area contributed by atoms with Crippen LogP contribution in [0.1, 0.15) is 27.7 Å². The van der Waals surface area contributed by atoms with Crippen LogP contribution in [0.2, 0.25) is 0 Å². The van der Waals surface area contributed by atoms with Crippen LogP contribution < -0.4 is 0 Å². The molecule has 3 unspecified atom stereocenters. The van der Waals surface area contributed by atoms with E-state index in [9.17, 15) is 28.0 Å². The van der Waals surface area contributed by atoms with Crippen molar-refractivity contribution in [2.24, 2.45) is 0 Å². The molecule has 1 aliphatic heterocycles. The molecule has 1 saturated heterocycles. The van der Waals surface area contributed by atoms with Gasteiger partial charge in [0.05, 0.1) is 0 Å². The van der Waals surface area contributed by atoms with Gasteiger partial charge in [-0.25, -0.2) is 8.78 Å². The summed E-state index contributed by atoms with van der Waals surface area (Å²) in [5, 5.41) is 0. The first-order valence-corrected chi connectivity index (χ1v) is 7.15. The molecule has 0 amide bonds. The molecule has 9 nitrogen and oxygen atoms in total. The van der Waals surface area contributed by atoms with Crippen LogP contribution in [0.15, 0.2) is 0 Å². The van der Waals surface area contributed by atoms with E-state index in [-0.39, 0.29) is 0 Å². The Morgan fingerprint density at radius 3 is 1.52 bits per heavy atom. The van der Waals surface area contributed by atoms with Crippen LogP contribution in [0.25, 0.3) is 0 Å². The zero-order valence-electron chi connectivity index (χ0n) is 13.9. The number of hydrogen-bond donors (Lipinski definition) is 0. The highest BCUT2D eigenvalue weighted by atomic mass is 19.3. The fourth-order valence-electron chi connectivity index (χ4n) is 2.27. The lowest BCUT2D eigenvalue weighted by molar-refractivity contribution is -0.310. The Hall–Kier alpha value is -2.30. The van der Waals surface area contributed by atoms with Crippen molar-refractivity contribution >= 4 is 23.9 Å². The molecule has 0 N–H and O–H groups in total. The van der Waals surface area contributed by atoms with Gasteiger partial charge in [-0.15, -0.1) is 0 Å². The average Bonchev–Trinajstić information content (AvgIpc) is 2.42. The van der Waals surface area contributed by atoms with Crippen LogP contribution in [0.5, 0.6) is 0 Å². The third-order valence-electron chi connectivity index (χ3n) is 2.97. The Balaban J connectivity index is 3.31. The van der Waals surface area contributed by atoms with Crippen molar-refractivity contribution in [3.8, 4) is 0 Å². The van der Waals surface area contributed by atoms with Crippen LogP contribution in [-0.4, -0.2) is 61.0 Å². The summed E-state index contributed by atoms with van der Waals surface area (Å²) in [6, 6.07) is 0. The average molecular weight is 368 g/mol. The summed E-state index contributed by atoms with van der Waals surface area (Å²) in [5.74, 6) is -3.68. The minimum absolute atomic E-state index is 0.889. The molecule has 11 heteroatoms. The highest BCUT2D eigenvalue weighted by molar-refractivity contribution is 5.69. The monoisotopic (exact) mass is 368 g/mol. The van der Waals surface area contributed by atoms with Crippen molar-refractivity contribution in [1.82, 2.24) is 0 Å². The maximum atomic E-state index is 13.3. The number of hydrogen-bond acceptors (Lipinski definition) is 9. The van der Waals surface area contributed by atoms with Crippen LogP contribution in [-0.2, 0) is 42.9 Å². The van der Waals surface area contributed by atoms with Crippen molar-refractivity contribution in [2.45, 2.75) is 64.8 Å². The van der Waals surface area contributed by atoms with Crippen molar-refractivity contribution < 1.29 is 51.6 Å². The van der Waals surface area contributed by atoms with E-state index in [1.54, 1.807) is 0 Å². The number of esters is 4. The SMILES string of the molecule is CC(=O)OC1O[C@@H](C(F)F)[C@@H](OC(C)=O)C(OC(C)=O)C1OC(C)=O. The number of carbonyl (C=O) groups is 4. The lowest BCUT2D eigenvalue weighted by Crippen LogP contribution is -2.63. The zero-order chi connectivity index (χ0) is 19.3. The predicted octanol–water partition coefficient (Wildman–Crippen LogP) is 0.335. The summed E-state index contributed by atoms with van der Waals surface area (Å²) in [6.45, 7) is 3.90. The van der Waals surface area contributed by atoms with Crippen molar-refractivity contribution in [1.29, 1.82) is 0 Å². The van der Waals surface area contributed by atoms with Gasteiger partial charge in [0, 0.05) is 27.7 Å². The molecule has 1 rings (SSSR count). The molecule has 1 heterocycles. The molecule has 1 aliphatic rings. The molecule has 0 aromatic carbocycles. The summed E-state index contributed by atoms with van der Waals surface area (Å²) in [4.78, 5) is 45.1. The molecular weight excluding hydrogens is 350 g/mol. The summed E-state index contributed by atoms with van der Waals surface area (Å²) >= 11 is 0. The fraction of sp³-hybridized carbons (Fsp3) is 0.714. The minimum atomic E-state index is -3.18. The van der Waals surface area contributed by atoms with E-state index in [1.165, 1.54) is 0 Å². The van der Waals surface area contributed by atoms with E-state index >= 15 is 0 Å². The quantitative estimate of drug-likeness (QED) is 0.500. The third kappa shape index (κ3) is 5.93. The van der Waals surface area contributed by atoms with Gasteiger partial charge in [0.25, 0.3) is 6.43 Å². The van der Waals surface area contributed by atoms with E-state index in [0.29, 0.717) is 0 Å². The van der Waals surface area contributed by atoms with Crippen LogP contribution in [0.3, 0.4) is 0 Å². The van der Waals surface area contributed by atoms with E-state index in [2.05, 4.69) is 0 Å². The number of ether oxygens (including phenoxy) is 5. The number of alkyl halides is 2.